The van der Waals surface area contributed by atoms with Gasteiger partial charge < -0.3 is 14.4 Å². The van der Waals surface area contributed by atoms with Crippen molar-refractivity contribution in [2.24, 2.45) is 0 Å². The van der Waals surface area contributed by atoms with Crippen molar-refractivity contribution >= 4 is 16.9 Å². The molecule has 0 bridgehead atoms. The lowest BCUT2D eigenvalue weighted by Gasteiger charge is -2.07. The van der Waals surface area contributed by atoms with Crippen LogP contribution >= 0.6 is 0 Å². The van der Waals surface area contributed by atoms with E-state index >= 15 is 0 Å². The van der Waals surface area contributed by atoms with E-state index < -0.39 is 5.97 Å². The molecular weight excluding hydrogens is 242 g/mol. The summed E-state index contributed by atoms with van der Waals surface area (Å²) in [5.41, 5.74) is 1.19. The molecule has 0 atom stereocenters. The van der Waals surface area contributed by atoms with Gasteiger partial charge in [-0.3, -0.25) is 0 Å². The zero-order chi connectivity index (χ0) is 13.8. The van der Waals surface area contributed by atoms with Crippen LogP contribution in [-0.4, -0.2) is 22.2 Å². The van der Waals surface area contributed by atoms with Crippen LogP contribution in [0.15, 0.2) is 36.9 Å². The quantitative estimate of drug-likeness (QED) is 0.810. The van der Waals surface area contributed by atoms with Crippen molar-refractivity contribution in [3.05, 3.63) is 42.6 Å². The maximum Gasteiger partial charge on any atom is 0.352 e. The lowest BCUT2D eigenvalue weighted by Crippen LogP contribution is -2.07. The molecule has 2 aromatic rings. The van der Waals surface area contributed by atoms with Crippen LogP contribution in [-0.2, 0) is 6.54 Å². The summed E-state index contributed by atoms with van der Waals surface area (Å²) in [7, 11) is 0. The van der Waals surface area contributed by atoms with E-state index in [4.69, 9.17) is 4.74 Å². The van der Waals surface area contributed by atoms with Crippen molar-refractivity contribution in [2.75, 3.05) is 6.61 Å². The summed E-state index contributed by atoms with van der Waals surface area (Å²) in [6.45, 7) is 6.72. The predicted molar refractivity (Wildman–Crippen MR) is 74.9 cm³/mol. The lowest BCUT2D eigenvalue weighted by atomic mass is 10.2. The van der Waals surface area contributed by atoms with E-state index in [2.05, 4.69) is 6.58 Å². The monoisotopic (exact) mass is 259 g/mol. The molecule has 0 radical (unpaired) electrons. The highest BCUT2D eigenvalue weighted by molar-refractivity contribution is 5.97. The van der Waals surface area contributed by atoms with Gasteiger partial charge in [0.05, 0.1) is 5.52 Å². The summed E-state index contributed by atoms with van der Waals surface area (Å²) in [6, 6.07) is 7.30. The van der Waals surface area contributed by atoms with Crippen LogP contribution in [0.5, 0.6) is 5.75 Å². The molecule has 19 heavy (non-hydrogen) atoms. The van der Waals surface area contributed by atoms with Crippen LogP contribution in [0.1, 0.15) is 23.8 Å². The molecule has 4 nitrogen and oxygen atoms in total. The van der Waals surface area contributed by atoms with Gasteiger partial charge in [0.1, 0.15) is 18.1 Å². The van der Waals surface area contributed by atoms with Crippen LogP contribution < -0.4 is 4.74 Å². The van der Waals surface area contributed by atoms with Crippen molar-refractivity contribution in [2.45, 2.75) is 19.9 Å². The summed E-state index contributed by atoms with van der Waals surface area (Å²) in [5.74, 6) is -0.228. The fraction of sp³-hybridized carbons (Fsp3) is 0.267. The number of fused-ring (bicyclic) bond motifs is 1. The molecule has 0 aliphatic carbocycles. The highest BCUT2D eigenvalue weighted by Crippen LogP contribution is 2.29. The summed E-state index contributed by atoms with van der Waals surface area (Å²) >= 11 is 0. The number of benzene rings is 1. The molecule has 0 aliphatic rings. The fourth-order valence-corrected chi connectivity index (χ4v) is 2.17. The Morgan fingerprint density at radius 2 is 2.32 bits per heavy atom. The summed E-state index contributed by atoms with van der Waals surface area (Å²) in [5, 5.41) is 10.1. The molecule has 1 heterocycles. The van der Waals surface area contributed by atoms with Gasteiger partial charge in [-0.25, -0.2) is 4.79 Å². The zero-order valence-corrected chi connectivity index (χ0v) is 10.9. The molecule has 1 aromatic carbocycles. The molecule has 2 rings (SSSR count). The molecule has 0 saturated carbocycles. The van der Waals surface area contributed by atoms with E-state index in [9.17, 15) is 9.90 Å². The number of carbonyl (C=O) groups is 1. The molecule has 100 valence electrons. The van der Waals surface area contributed by atoms with E-state index in [1.165, 1.54) is 0 Å². The van der Waals surface area contributed by atoms with Gasteiger partial charge in [0.2, 0.25) is 0 Å². The third-order valence-electron chi connectivity index (χ3n) is 2.93. The summed E-state index contributed by atoms with van der Waals surface area (Å²) in [4.78, 5) is 11.3. The second-order valence-corrected chi connectivity index (χ2v) is 4.27. The first-order valence-electron chi connectivity index (χ1n) is 6.28. The molecule has 1 aromatic heterocycles. The first-order valence-corrected chi connectivity index (χ1v) is 6.28. The van der Waals surface area contributed by atoms with Crippen LogP contribution in [0.2, 0.25) is 0 Å². The van der Waals surface area contributed by atoms with Gasteiger partial charge in [-0.2, -0.15) is 0 Å². The van der Waals surface area contributed by atoms with Crippen molar-refractivity contribution in [1.82, 2.24) is 4.57 Å². The van der Waals surface area contributed by atoms with Gasteiger partial charge in [-0.05, 0) is 24.6 Å². The smallest absolute Gasteiger partial charge is 0.352 e. The second kappa shape index (κ2) is 5.61. The van der Waals surface area contributed by atoms with E-state index in [-0.39, 0.29) is 0 Å². The van der Waals surface area contributed by atoms with Gasteiger partial charge in [0, 0.05) is 11.9 Å². The van der Waals surface area contributed by atoms with E-state index in [1.54, 1.807) is 12.1 Å². The zero-order valence-electron chi connectivity index (χ0n) is 10.9. The van der Waals surface area contributed by atoms with Crippen LogP contribution in [0, 0.1) is 0 Å². The largest absolute Gasteiger partial charge is 0.489 e. The number of carboxylic acids is 1. The van der Waals surface area contributed by atoms with Gasteiger partial charge in [-0.1, -0.05) is 25.6 Å². The first kappa shape index (κ1) is 13.2. The molecule has 1 N–H and O–H groups in total. The molecule has 0 amide bonds. The minimum Gasteiger partial charge on any atom is -0.489 e. The normalized spacial score (nSPS) is 10.6. The van der Waals surface area contributed by atoms with Crippen molar-refractivity contribution in [1.29, 1.82) is 0 Å². The van der Waals surface area contributed by atoms with Gasteiger partial charge in [0.15, 0.2) is 0 Å². The maximum absolute atomic E-state index is 11.3. The van der Waals surface area contributed by atoms with Gasteiger partial charge in [0.25, 0.3) is 0 Å². The molecule has 0 fully saturated rings. The molecule has 0 unspecified atom stereocenters. The SMILES string of the molecule is C=CCOc1cccc2c1cc(C(=O)O)n2CCC. The Bertz CT molecular complexity index is 613. The Morgan fingerprint density at radius 1 is 1.53 bits per heavy atom. The highest BCUT2D eigenvalue weighted by atomic mass is 16.5. The molecule has 0 saturated heterocycles. The van der Waals surface area contributed by atoms with Crippen LogP contribution in [0.25, 0.3) is 10.9 Å². The molecular formula is C15H17NO3. The van der Waals surface area contributed by atoms with E-state index in [1.807, 2.05) is 29.7 Å². The van der Waals surface area contributed by atoms with Crippen LogP contribution in [0.3, 0.4) is 0 Å². The van der Waals surface area contributed by atoms with Crippen LogP contribution in [0.4, 0.5) is 0 Å². The number of aromatic carboxylic acids is 1. The Labute approximate surface area is 111 Å². The second-order valence-electron chi connectivity index (χ2n) is 4.27. The predicted octanol–water partition coefficient (Wildman–Crippen LogP) is 3.31. The van der Waals surface area contributed by atoms with Crippen molar-refractivity contribution in [3.63, 3.8) is 0 Å². The Hall–Kier alpha value is -2.23. The summed E-state index contributed by atoms with van der Waals surface area (Å²) < 4.78 is 7.39. The molecule has 4 heteroatoms. The van der Waals surface area contributed by atoms with Gasteiger partial charge in [-0.15, -0.1) is 0 Å². The fourth-order valence-electron chi connectivity index (χ4n) is 2.17. The number of rotatable bonds is 6. The molecule has 0 aliphatic heterocycles. The molecule has 0 spiro atoms. The van der Waals surface area contributed by atoms with E-state index in [0.717, 1.165) is 17.3 Å². The van der Waals surface area contributed by atoms with Crippen molar-refractivity contribution < 1.29 is 14.6 Å². The lowest BCUT2D eigenvalue weighted by molar-refractivity contribution is 0.0685. The van der Waals surface area contributed by atoms with Crippen molar-refractivity contribution in [3.8, 4) is 5.75 Å². The average Bonchev–Trinajstić information content (AvgIpc) is 2.77. The number of ether oxygens (including phenoxy) is 1. The number of aromatic nitrogens is 1. The third kappa shape index (κ3) is 2.47. The first-order chi connectivity index (χ1) is 9.19. The summed E-state index contributed by atoms with van der Waals surface area (Å²) in [6.07, 6.45) is 2.54. The Morgan fingerprint density at radius 3 is 2.95 bits per heavy atom. The maximum atomic E-state index is 11.3. The topological polar surface area (TPSA) is 51.5 Å². The highest BCUT2D eigenvalue weighted by Gasteiger charge is 2.16. The van der Waals surface area contributed by atoms with Gasteiger partial charge >= 0.3 is 5.97 Å². The minimum atomic E-state index is -0.917. The third-order valence-corrected chi connectivity index (χ3v) is 2.93. The number of carboxylic acid groups (broad SMARTS) is 1. The number of hydrogen-bond acceptors (Lipinski definition) is 2. The minimum absolute atomic E-state index is 0.298. The average molecular weight is 259 g/mol. The number of hydrogen-bond donors (Lipinski definition) is 1. The number of aryl methyl sites for hydroxylation is 1. The Balaban J connectivity index is 2.60. The number of nitrogens with zero attached hydrogens (tertiary/aromatic N) is 1. The standard InChI is InChI=1S/C15H17NO3/c1-3-8-16-12-6-5-7-14(19-9-4-2)11(12)10-13(16)15(17)18/h4-7,10H,2-3,8-9H2,1H3,(H,17,18). The van der Waals surface area contributed by atoms with E-state index in [0.29, 0.717) is 24.6 Å². The Kier molecular flexibility index (Phi) is 3.90.